The highest BCUT2D eigenvalue weighted by molar-refractivity contribution is 5.98. The maximum atomic E-state index is 14.2. The summed E-state index contributed by atoms with van der Waals surface area (Å²) in [6.45, 7) is 0.799. The van der Waals surface area contributed by atoms with E-state index in [9.17, 15) is 9.59 Å². The van der Waals surface area contributed by atoms with Crippen molar-refractivity contribution >= 4 is 28.5 Å². The zero-order valence-electron chi connectivity index (χ0n) is 23.1. The van der Waals surface area contributed by atoms with Crippen molar-refractivity contribution < 1.29 is 14.3 Å². The van der Waals surface area contributed by atoms with Gasteiger partial charge in [-0.15, -0.1) is 0 Å². The Morgan fingerprint density at radius 2 is 1.56 bits per heavy atom. The van der Waals surface area contributed by atoms with Gasteiger partial charge in [0.05, 0.1) is 23.8 Å². The number of carbonyl (C=O) groups is 2. The van der Waals surface area contributed by atoms with Crippen LogP contribution in [0.4, 0.5) is 5.69 Å². The number of rotatable bonds is 7. The molecule has 0 spiro atoms. The molecule has 0 bridgehead atoms. The smallest absolute Gasteiger partial charge is 0.243 e. The molecule has 7 heteroatoms. The number of methoxy groups -OCH3 is 1. The van der Waals surface area contributed by atoms with Crippen LogP contribution in [0.2, 0.25) is 0 Å². The Labute approximate surface area is 231 Å². The Hall–Kier alpha value is -3.35. The van der Waals surface area contributed by atoms with Crippen LogP contribution in [0.15, 0.2) is 48.5 Å². The first-order chi connectivity index (χ1) is 19.1. The summed E-state index contributed by atoms with van der Waals surface area (Å²) < 4.78 is 7.66. The van der Waals surface area contributed by atoms with Crippen molar-refractivity contribution in [3.8, 4) is 5.75 Å². The third-order valence-corrected chi connectivity index (χ3v) is 9.07. The third kappa shape index (κ3) is 5.15. The summed E-state index contributed by atoms with van der Waals surface area (Å²) in [6.07, 6.45) is 12.2. The number of para-hydroxylation sites is 4. The quantitative estimate of drug-likeness (QED) is 0.374. The topological polar surface area (TPSA) is 67.7 Å². The molecule has 2 saturated carbocycles. The van der Waals surface area contributed by atoms with Gasteiger partial charge in [-0.3, -0.25) is 9.59 Å². The second-order valence-corrected chi connectivity index (χ2v) is 11.5. The highest BCUT2D eigenvalue weighted by Crippen LogP contribution is 2.37. The van der Waals surface area contributed by atoms with E-state index in [1.807, 2.05) is 47.4 Å². The average Bonchev–Trinajstić information content (AvgIpc) is 3.54. The lowest BCUT2D eigenvalue weighted by Crippen LogP contribution is -2.50. The van der Waals surface area contributed by atoms with Gasteiger partial charge in [0.15, 0.2) is 0 Å². The van der Waals surface area contributed by atoms with Crippen LogP contribution in [0.1, 0.15) is 82.4 Å². The summed E-state index contributed by atoms with van der Waals surface area (Å²) in [7, 11) is 1.63. The molecule has 1 atom stereocenters. The molecule has 3 fully saturated rings. The maximum Gasteiger partial charge on any atom is 0.243 e. The molecular weight excluding hydrogens is 488 g/mol. The third-order valence-electron chi connectivity index (χ3n) is 9.07. The van der Waals surface area contributed by atoms with Gasteiger partial charge in [-0.2, -0.15) is 0 Å². The SMILES string of the molecule is COc1ccccc1N1CC(c2nc3ccccc3n2CC(=O)N(C2CCCCC2)C2CCCCC2)CC1=O. The fourth-order valence-corrected chi connectivity index (χ4v) is 7.18. The Balaban J connectivity index is 1.32. The molecule has 1 aromatic heterocycles. The zero-order valence-corrected chi connectivity index (χ0v) is 23.1. The van der Waals surface area contributed by atoms with Gasteiger partial charge in [0.2, 0.25) is 11.8 Å². The highest BCUT2D eigenvalue weighted by atomic mass is 16.5. The number of ether oxygens (including phenoxy) is 1. The molecule has 2 aromatic carbocycles. The second-order valence-electron chi connectivity index (χ2n) is 11.5. The molecule has 206 valence electrons. The molecule has 7 nitrogen and oxygen atoms in total. The van der Waals surface area contributed by atoms with Crippen LogP contribution in [0.3, 0.4) is 0 Å². The van der Waals surface area contributed by atoms with Crippen LogP contribution in [0.5, 0.6) is 5.75 Å². The minimum Gasteiger partial charge on any atom is -0.495 e. The van der Waals surface area contributed by atoms with Gasteiger partial charge in [0, 0.05) is 31.0 Å². The van der Waals surface area contributed by atoms with Crippen LogP contribution >= 0.6 is 0 Å². The number of aromatic nitrogens is 2. The van der Waals surface area contributed by atoms with Crippen molar-refractivity contribution in [2.45, 2.75) is 95.2 Å². The molecule has 0 radical (unpaired) electrons. The summed E-state index contributed by atoms with van der Waals surface area (Å²) in [6, 6.07) is 16.4. The minimum atomic E-state index is -0.0968. The number of hydrogen-bond acceptors (Lipinski definition) is 4. The van der Waals surface area contributed by atoms with E-state index in [1.54, 1.807) is 7.11 Å². The monoisotopic (exact) mass is 528 g/mol. The van der Waals surface area contributed by atoms with Gasteiger partial charge >= 0.3 is 0 Å². The van der Waals surface area contributed by atoms with Crippen LogP contribution in [-0.2, 0) is 16.1 Å². The van der Waals surface area contributed by atoms with Gasteiger partial charge in [-0.25, -0.2) is 4.98 Å². The first-order valence-electron chi connectivity index (χ1n) is 14.8. The molecule has 0 N–H and O–H groups in total. The first kappa shape index (κ1) is 25.9. The fourth-order valence-electron chi connectivity index (χ4n) is 7.18. The second kappa shape index (κ2) is 11.4. The minimum absolute atomic E-state index is 0.0560. The van der Waals surface area contributed by atoms with Crippen LogP contribution in [0, 0.1) is 0 Å². The van der Waals surface area contributed by atoms with E-state index in [-0.39, 0.29) is 24.3 Å². The fraction of sp³-hybridized carbons (Fsp3) is 0.531. The number of anilines is 1. The summed E-state index contributed by atoms with van der Waals surface area (Å²) in [5, 5.41) is 0. The molecule has 2 aliphatic carbocycles. The lowest BCUT2D eigenvalue weighted by atomic mass is 9.88. The lowest BCUT2D eigenvalue weighted by molar-refractivity contribution is -0.138. The number of benzene rings is 2. The zero-order chi connectivity index (χ0) is 26.8. The highest BCUT2D eigenvalue weighted by Gasteiger charge is 2.37. The Morgan fingerprint density at radius 3 is 2.26 bits per heavy atom. The molecule has 3 aromatic rings. The van der Waals surface area contributed by atoms with E-state index in [2.05, 4.69) is 15.5 Å². The van der Waals surface area contributed by atoms with Gasteiger partial charge in [0.1, 0.15) is 18.1 Å². The average molecular weight is 529 g/mol. The van der Waals surface area contributed by atoms with Crippen molar-refractivity contribution in [2.75, 3.05) is 18.6 Å². The van der Waals surface area contributed by atoms with Gasteiger partial charge < -0.3 is 19.1 Å². The molecule has 6 rings (SSSR count). The number of fused-ring (bicyclic) bond motifs is 1. The number of hydrogen-bond donors (Lipinski definition) is 0. The van der Waals surface area contributed by atoms with Gasteiger partial charge in [0.25, 0.3) is 0 Å². The predicted octanol–water partition coefficient (Wildman–Crippen LogP) is 6.06. The van der Waals surface area contributed by atoms with E-state index in [4.69, 9.17) is 9.72 Å². The predicted molar refractivity (Wildman–Crippen MR) is 153 cm³/mol. The van der Waals surface area contributed by atoms with Crippen molar-refractivity contribution in [1.29, 1.82) is 0 Å². The number of imidazole rings is 1. The lowest BCUT2D eigenvalue weighted by Gasteiger charge is -2.42. The van der Waals surface area contributed by atoms with Crippen molar-refractivity contribution in [3.63, 3.8) is 0 Å². The molecular formula is C32H40N4O3. The first-order valence-corrected chi connectivity index (χ1v) is 14.8. The Bertz CT molecular complexity index is 1300. The maximum absolute atomic E-state index is 14.2. The van der Waals surface area contributed by atoms with E-state index in [1.165, 1.54) is 38.5 Å². The van der Waals surface area contributed by atoms with E-state index < -0.39 is 0 Å². The number of amides is 2. The van der Waals surface area contributed by atoms with Gasteiger partial charge in [-0.1, -0.05) is 62.8 Å². The van der Waals surface area contributed by atoms with Crippen LogP contribution < -0.4 is 9.64 Å². The molecule has 1 aliphatic heterocycles. The summed E-state index contributed by atoms with van der Waals surface area (Å²) >= 11 is 0. The number of nitrogens with zero attached hydrogens (tertiary/aromatic N) is 4. The van der Waals surface area contributed by atoms with E-state index >= 15 is 0 Å². The Kier molecular flexibility index (Phi) is 7.58. The Morgan fingerprint density at radius 1 is 0.923 bits per heavy atom. The standard InChI is InChI=1S/C32H40N4O3/c1-39-29-19-11-10-18-28(29)34-21-23(20-30(34)37)32-33-26-16-8-9-17-27(26)35(32)22-31(38)36(24-12-4-2-5-13-24)25-14-6-3-7-15-25/h8-11,16-19,23-25H,2-7,12-15,20-22H2,1H3. The molecule has 3 aliphatic rings. The summed E-state index contributed by atoms with van der Waals surface area (Å²) in [5.41, 5.74) is 2.63. The van der Waals surface area contributed by atoms with E-state index in [0.717, 1.165) is 48.2 Å². The summed E-state index contributed by atoms with van der Waals surface area (Å²) in [5.74, 6) is 1.69. The molecule has 1 saturated heterocycles. The van der Waals surface area contributed by atoms with E-state index in [0.29, 0.717) is 30.8 Å². The van der Waals surface area contributed by atoms with Gasteiger partial charge in [-0.05, 0) is 49.9 Å². The van der Waals surface area contributed by atoms with Crippen molar-refractivity contribution in [1.82, 2.24) is 14.5 Å². The van der Waals surface area contributed by atoms with Crippen molar-refractivity contribution in [3.05, 3.63) is 54.4 Å². The molecule has 2 heterocycles. The summed E-state index contributed by atoms with van der Waals surface area (Å²) in [4.78, 5) is 36.6. The van der Waals surface area contributed by atoms with Crippen molar-refractivity contribution in [2.24, 2.45) is 0 Å². The van der Waals surface area contributed by atoms with Crippen LogP contribution in [0.25, 0.3) is 11.0 Å². The van der Waals surface area contributed by atoms with Crippen LogP contribution in [-0.4, -0.2) is 52.0 Å². The number of carbonyl (C=O) groups excluding carboxylic acids is 2. The molecule has 1 unspecified atom stereocenters. The normalized spacial score (nSPS) is 21.0. The molecule has 39 heavy (non-hydrogen) atoms. The molecule has 2 amide bonds. The largest absolute Gasteiger partial charge is 0.495 e.